The van der Waals surface area contributed by atoms with Gasteiger partial charge in [0.2, 0.25) is 0 Å². The van der Waals surface area contributed by atoms with E-state index in [9.17, 15) is 0 Å². The van der Waals surface area contributed by atoms with Gasteiger partial charge >= 0.3 is 0 Å². The lowest BCUT2D eigenvalue weighted by atomic mass is 10.1. The van der Waals surface area contributed by atoms with Crippen LogP contribution >= 0.6 is 11.6 Å². The number of ether oxygens (including phenoxy) is 1. The Labute approximate surface area is 123 Å². The van der Waals surface area contributed by atoms with Gasteiger partial charge in [0.05, 0.1) is 11.9 Å². The summed E-state index contributed by atoms with van der Waals surface area (Å²) in [5.74, 6) is 0.767. The summed E-state index contributed by atoms with van der Waals surface area (Å²) in [5.41, 5.74) is 3.25. The van der Waals surface area contributed by atoms with Gasteiger partial charge < -0.3 is 10.1 Å². The molecule has 0 amide bonds. The first kappa shape index (κ1) is 14.6. The third-order valence-electron chi connectivity index (χ3n) is 2.82. The minimum Gasteiger partial charge on any atom is -0.488 e. The van der Waals surface area contributed by atoms with E-state index >= 15 is 0 Å². The van der Waals surface area contributed by atoms with Gasteiger partial charge in [0, 0.05) is 22.7 Å². The molecule has 1 aromatic carbocycles. The van der Waals surface area contributed by atoms with Gasteiger partial charge in [-0.15, -0.1) is 0 Å². The van der Waals surface area contributed by atoms with Gasteiger partial charge in [-0.2, -0.15) is 5.10 Å². The molecule has 106 valence electrons. The molecule has 20 heavy (non-hydrogen) atoms. The van der Waals surface area contributed by atoms with E-state index in [0.29, 0.717) is 11.6 Å². The molecule has 0 atom stereocenters. The molecule has 0 radical (unpaired) electrons. The maximum absolute atomic E-state index is 5.67. The SMILES string of the molecule is C=C(Cl)COc1ccc(-c2[nH]ncc2CNCC)cc1. The number of nitrogens with zero attached hydrogens (tertiary/aromatic N) is 1. The van der Waals surface area contributed by atoms with Gasteiger partial charge in [-0.25, -0.2) is 0 Å². The number of halogens is 1. The maximum Gasteiger partial charge on any atom is 0.123 e. The van der Waals surface area contributed by atoms with E-state index in [1.165, 1.54) is 0 Å². The van der Waals surface area contributed by atoms with Crippen LogP contribution in [-0.4, -0.2) is 23.3 Å². The van der Waals surface area contributed by atoms with E-state index in [4.69, 9.17) is 16.3 Å². The molecule has 1 heterocycles. The number of H-pyrrole nitrogens is 1. The number of benzene rings is 1. The van der Waals surface area contributed by atoms with Crippen molar-refractivity contribution in [3.63, 3.8) is 0 Å². The van der Waals surface area contributed by atoms with Gasteiger partial charge in [0.25, 0.3) is 0 Å². The highest BCUT2D eigenvalue weighted by molar-refractivity contribution is 6.29. The van der Waals surface area contributed by atoms with E-state index in [1.807, 2.05) is 30.5 Å². The first-order valence-corrected chi connectivity index (χ1v) is 6.88. The predicted octanol–water partition coefficient (Wildman–Crippen LogP) is 3.32. The van der Waals surface area contributed by atoms with Crippen LogP contribution in [0, 0.1) is 0 Å². The molecule has 4 nitrogen and oxygen atoms in total. The van der Waals surface area contributed by atoms with Crippen molar-refractivity contribution in [1.82, 2.24) is 15.5 Å². The standard InChI is InChI=1S/C15H18ClN3O/c1-3-17-8-13-9-18-19-15(13)12-4-6-14(7-5-12)20-10-11(2)16/h4-7,9,17H,2-3,8,10H2,1H3,(H,18,19). The minimum atomic E-state index is 0.316. The van der Waals surface area contributed by atoms with Gasteiger partial charge in [-0.3, -0.25) is 5.10 Å². The van der Waals surface area contributed by atoms with Gasteiger partial charge in [0.15, 0.2) is 0 Å². The lowest BCUT2D eigenvalue weighted by Crippen LogP contribution is -2.11. The molecule has 2 N–H and O–H groups in total. The third kappa shape index (κ3) is 3.85. The third-order valence-corrected chi connectivity index (χ3v) is 2.93. The summed E-state index contributed by atoms with van der Waals surface area (Å²) in [6.45, 7) is 7.71. The van der Waals surface area contributed by atoms with Crippen LogP contribution in [0.2, 0.25) is 0 Å². The minimum absolute atomic E-state index is 0.316. The maximum atomic E-state index is 5.67. The van der Waals surface area contributed by atoms with E-state index in [1.54, 1.807) is 0 Å². The van der Waals surface area contributed by atoms with Crippen LogP contribution in [0.4, 0.5) is 0 Å². The molecule has 2 rings (SSSR count). The second-order valence-corrected chi connectivity index (χ2v) is 4.92. The summed E-state index contributed by atoms with van der Waals surface area (Å²) in [4.78, 5) is 0. The topological polar surface area (TPSA) is 49.9 Å². The fourth-order valence-electron chi connectivity index (χ4n) is 1.83. The molecule has 0 bridgehead atoms. The average molecular weight is 292 g/mol. The van der Waals surface area contributed by atoms with Crippen LogP contribution in [0.3, 0.4) is 0 Å². The Morgan fingerprint density at radius 3 is 2.80 bits per heavy atom. The van der Waals surface area contributed by atoms with Crippen LogP contribution in [0.25, 0.3) is 11.3 Å². The summed E-state index contributed by atoms with van der Waals surface area (Å²) in [6, 6.07) is 7.81. The van der Waals surface area contributed by atoms with Crippen molar-refractivity contribution >= 4 is 11.6 Å². The molecule has 0 aliphatic carbocycles. The zero-order valence-electron chi connectivity index (χ0n) is 11.4. The van der Waals surface area contributed by atoms with E-state index in [2.05, 4.69) is 29.0 Å². The molecule has 0 saturated heterocycles. The summed E-state index contributed by atoms with van der Waals surface area (Å²) >= 11 is 5.67. The molecule has 0 aliphatic rings. The summed E-state index contributed by atoms with van der Waals surface area (Å²) in [5, 5.41) is 10.9. The quantitative estimate of drug-likeness (QED) is 0.823. The van der Waals surface area contributed by atoms with Crippen LogP contribution in [0.15, 0.2) is 42.1 Å². The number of aromatic amines is 1. The lowest BCUT2D eigenvalue weighted by Gasteiger charge is -2.07. The van der Waals surface area contributed by atoms with Crippen LogP contribution in [0.1, 0.15) is 12.5 Å². The Bertz CT molecular complexity index is 563. The average Bonchev–Trinajstić information content (AvgIpc) is 2.91. The van der Waals surface area contributed by atoms with Crippen LogP contribution in [0.5, 0.6) is 5.75 Å². The second kappa shape index (κ2) is 7.12. The zero-order valence-corrected chi connectivity index (χ0v) is 12.2. The molecular formula is C15H18ClN3O. The van der Waals surface area contributed by atoms with E-state index in [0.717, 1.165) is 35.7 Å². The van der Waals surface area contributed by atoms with Crippen molar-refractivity contribution in [2.45, 2.75) is 13.5 Å². The summed E-state index contributed by atoms with van der Waals surface area (Å²) in [7, 11) is 0. The number of nitrogens with one attached hydrogen (secondary N) is 2. The second-order valence-electron chi connectivity index (χ2n) is 4.38. The van der Waals surface area contributed by atoms with Crippen molar-refractivity contribution < 1.29 is 4.74 Å². The van der Waals surface area contributed by atoms with E-state index in [-0.39, 0.29) is 0 Å². The molecule has 0 spiro atoms. The smallest absolute Gasteiger partial charge is 0.123 e. The fourth-order valence-corrected chi connectivity index (χ4v) is 1.89. The Balaban J connectivity index is 2.09. The van der Waals surface area contributed by atoms with Gasteiger partial charge in [0.1, 0.15) is 12.4 Å². The highest BCUT2D eigenvalue weighted by Gasteiger charge is 2.07. The Kier molecular flexibility index (Phi) is 5.21. The van der Waals surface area contributed by atoms with Gasteiger partial charge in [-0.1, -0.05) is 25.1 Å². The molecule has 2 aromatic rings. The number of aromatic nitrogens is 2. The Morgan fingerprint density at radius 1 is 1.40 bits per heavy atom. The molecule has 1 aromatic heterocycles. The van der Waals surface area contributed by atoms with Crippen molar-refractivity contribution in [2.75, 3.05) is 13.2 Å². The first-order chi connectivity index (χ1) is 9.70. The fraction of sp³-hybridized carbons (Fsp3) is 0.267. The summed E-state index contributed by atoms with van der Waals surface area (Å²) in [6.07, 6.45) is 1.85. The Hall–Kier alpha value is -1.78. The largest absolute Gasteiger partial charge is 0.488 e. The Morgan fingerprint density at radius 2 is 2.15 bits per heavy atom. The number of hydrogen-bond acceptors (Lipinski definition) is 3. The highest BCUT2D eigenvalue weighted by Crippen LogP contribution is 2.24. The monoisotopic (exact) mass is 291 g/mol. The normalized spacial score (nSPS) is 10.5. The van der Waals surface area contributed by atoms with E-state index < -0.39 is 0 Å². The lowest BCUT2D eigenvalue weighted by molar-refractivity contribution is 0.359. The molecule has 0 saturated carbocycles. The number of rotatable bonds is 7. The van der Waals surface area contributed by atoms with Gasteiger partial charge in [-0.05, 0) is 30.8 Å². The summed E-state index contributed by atoms with van der Waals surface area (Å²) < 4.78 is 5.47. The molecule has 5 heteroatoms. The van der Waals surface area contributed by atoms with Crippen molar-refractivity contribution in [2.24, 2.45) is 0 Å². The van der Waals surface area contributed by atoms with Crippen molar-refractivity contribution in [3.8, 4) is 17.0 Å². The molecule has 0 unspecified atom stereocenters. The van der Waals surface area contributed by atoms with Crippen LogP contribution < -0.4 is 10.1 Å². The van der Waals surface area contributed by atoms with Crippen LogP contribution in [-0.2, 0) is 6.54 Å². The molecule has 0 fully saturated rings. The van der Waals surface area contributed by atoms with Crippen molar-refractivity contribution in [3.05, 3.63) is 47.6 Å². The number of hydrogen-bond donors (Lipinski definition) is 2. The first-order valence-electron chi connectivity index (χ1n) is 6.50. The zero-order chi connectivity index (χ0) is 14.4. The molecular weight excluding hydrogens is 274 g/mol. The predicted molar refractivity (Wildman–Crippen MR) is 81.9 cm³/mol. The highest BCUT2D eigenvalue weighted by atomic mass is 35.5. The molecule has 0 aliphatic heterocycles. The van der Waals surface area contributed by atoms with Crippen molar-refractivity contribution in [1.29, 1.82) is 0 Å².